The molecule has 0 fully saturated rings. The van der Waals surface area contributed by atoms with E-state index in [1.807, 2.05) is 30.3 Å². The van der Waals surface area contributed by atoms with E-state index in [-0.39, 0.29) is 0 Å². The van der Waals surface area contributed by atoms with Crippen molar-refractivity contribution in [2.24, 2.45) is 0 Å². The summed E-state index contributed by atoms with van der Waals surface area (Å²) in [4.78, 5) is 3.97. The number of rotatable bonds is 2. The molecule has 0 atom stereocenters. The van der Waals surface area contributed by atoms with Crippen LogP contribution in [0.3, 0.4) is 0 Å². The average molecular weight is 329 g/mol. The molecule has 0 amide bonds. The van der Waals surface area contributed by atoms with Gasteiger partial charge in [-0.25, -0.2) is 0 Å². The van der Waals surface area contributed by atoms with Crippen molar-refractivity contribution in [1.82, 2.24) is 4.98 Å². The van der Waals surface area contributed by atoms with E-state index >= 15 is 0 Å². The van der Waals surface area contributed by atoms with E-state index in [0.29, 0.717) is 0 Å². The van der Waals surface area contributed by atoms with Crippen molar-refractivity contribution in [2.75, 3.05) is 0 Å². The topological polar surface area (TPSA) is 22.1 Å². The fourth-order valence-corrected chi connectivity index (χ4v) is 1.81. The zero-order valence-corrected chi connectivity index (χ0v) is 10.8. The van der Waals surface area contributed by atoms with E-state index in [9.17, 15) is 0 Å². The van der Waals surface area contributed by atoms with Gasteiger partial charge in [-0.2, -0.15) is 0 Å². The molecule has 2 rings (SSSR count). The SMILES string of the molecule is Brc1cccc(Oc2ccncc2Br)c1. The molecule has 2 nitrogen and oxygen atoms in total. The zero-order chi connectivity index (χ0) is 10.7. The van der Waals surface area contributed by atoms with Gasteiger partial charge in [0.15, 0.2) is 0 Å². The van der Waals surface area contributed by atoms with E-state index in [0.717, 1.165) is 20.4 Å². The highest BCUT2D eigenvalue weighted by molar-refractivity contribution is 9.10. The number of halogens is 2. The molecule has 1 aromatic heterocycles. The van der Waals surface area contributed by atoms with Crippen molar-refractivity contribution < 1.29 is 4.74 Å². The lowest BCUT2D eigenvalue weighted by atomic mass is 10.3. The Kier molecular flexibility index (Phi) is 3.38. The Balaban J connectivity index is 2.26. The molecular formula is C11H7Br2NO. The van der Waals surface area contributed by atoms with Gasteiger partial charge in [0.05, 0.1) is 4.47 Å². The summed E-state index contributed by atoms with van der Waals surface area (Å²) in [6, 6.07) is 9.50. The monoisotopic (exact) mass is 327 g/mol. The number of hydrogen-bond acceptors (Lipinski definition) is 2. The third-order valence-corrected chi connectivity index (χ3v) is 2.85. The van der Waals surface area contributed by atoms with E-state index in [4.69, 9.17) is 4.74 Å². The van der Waals surface area contributed by atoms with Crippen LogP contribution in [-0.2, 0) is 0 Å². The molecule has 0 aliphatic carbocycles. The van der Waals surface area contributed by atoms with Gasteiger partial charge in [0.2, 0.25) is 0 Å². The quantitative estimate of drug-likeness (QED) is 0.815. The summed E-state index contributed by atoms with van der Waals surface area (Å²) in [5, 5.41) is 0. The molecule has 0 spiro atoms. The van der Waals surface area contributed by atoms with Gasteiger partial charge in [0.1, 0.15) is 11.5 Å². The van der Waals surface area contributed by atoms with Gasteiger partial charge >= 0.3 is 0 Å². The Morgan fingerprint density at radius 3 is 2.73 bits per heavy atom. The van der Waals surface area contributed by atoms with Gasteiger partial charge in [0.25, 0.3) is 0 Å². The Hall–Kier alpha value is -0.870. The minimum absolute atomic E-state index is 0.753. The van der Waals surface area contributed by atoms with Gasteiger partial charge in [-0.3, -0.25) is 4.98 Å². The van der Waals surface area contributed by atoms with E-state index in [1.54, 1.807) is 12.4 Å². The molecule has 76 valence electrons. The molecule has 0 radical (unpaired) electrons. The lowest BCUT2D eigenvalue weighted by molar-refractivity contribution is 0.478. The fourth-order valence-electron chi connectivity index (χ4n) is 1.10. The van der Waals surface area contributed by atoms with Crippen molar-refractivity contribution in [2.45, 2.75) is 0 Å². The highest BCUT2D eigenvalue weighted by Crippen LogP contribution is 2.29. The second-order valence-electron chi connectivity index (χ2n) is 2.87. The Morgan fingerprint density at radius 1 is 1.13 bits per heavy atom. The Bertz CT molecular complexity index is 474. The van der Waals surface area contributed by atoms with Crippen LogP contribution in [0.4, 0.5) is 0 Å². The van der Waals surface area contributed by atoms with Gasteiger partial charge in [-0.15, -0.1) is 0 Å². The van der Waals surface area contributed by atoms with Crippen LogP contribution >= 0.6 is 31.9 Å². The molecule has 0 aliphatic rings. The molecule has 0 aliphatic heterocycles. The number of ether oxygens (including phenoxy) is 1. The third-order valence-electron chi connectivity index (χ3n) is 1.76. The summed E-state index contributed by atoms with van der Waals surface area (Å²) in [6.45, 7) is 0. The van der Waals surface area contributed by atoms with E-state index in [2.05, 4.69) is 36.8 Å². The first-order valence-corrected chi connectivity index (χ1v) is 5.87. The minimum Gasteiger partial charge on any atom is -0.456 e. The van der Waals surface area contributed by atoms with Crippen molar-refractivity contribution >= 4 is 31.9 Å². The number of aromatic nitrogens is 1. The molecule has 4 heteroatoms. The number of nitrogens with zero attached hydrogens (tertiary/aromatic N) is 1. The lowest BCUT2D eigenvalue weighted by Gasteiger charge is -2.06. The smallest absolute Gasteiger partial charge is 0.144 e. The molecule has 0 saturated carbocycles. The largest absolute Gasteiger partial charge is 0.456 e. The summed E-state index contributed by atoms with van der Waals surface area (Å²) >= 11 is 6.76. The van der Waals surface area contributed by atoms with Crippen LogP contribution in [0.1, 0.15) is 0 Å². The molecule has 15 heavy (non-hydrogen) atoms. The molecule has 0 bridgehead atoms. The van der Waals surface area contributed by atoms with E-state index in [1.165, 1.54) is 0 Å². The van der Waals surface area contributed by atoms with Gasteiger partial charge in [0, 0.05) is 22.9 Å². The summed E-state index contributed by atoms with van der Waals surface area (Å²) in [7, 11) is 0. The van der Waals surface area contributed by atoms with Crippen molar-refractivity contribution in [3.8, 4) is 11.5 Å². The predicted octanol–water partition coefficient (Wildman–Crippen LogP) is 4.40. The molecule has 1 heterocycles. The van der Waals surface area contributed by atoms with Crippen LogP contribution in [0.15, 0.2) is 51.7 Å². The maximum absolute atomic E-state index is 5.67. The van der Waals surface area contributed by atoms with Crippen molar-refractivity contribution in [3.05, 3.63) is 51.7 Å². The number of pyridine rings is 1. The van der Waals surface area contributed by atoms with E-state index < -0.39 is 0 Å². The number of benzene rings is 1. The van der Waals surface area contributed by atoms with Crippen LogP contribution in [-0.4, -0.2) is 4.98 Å². The van der Waals surface area contributed by atoms with Crippen LogP contribution in [0, 0.1) is 0 Å². The third kappa shape index (κ3) is 2.79. The van der Waals surface area contributed by atoms with Crippen LogP contribution in [0.5, 0.6) is 11.5 Å². The first kappa shape index (κ1) is 10.6. The van der Waals surface area contributed by atoms with Crippen molar-refractivity contribution in [3.63, 3.8) is 0 Å². The Labute approximate surface area is 105 Å². The molecule has 2 aromatic rings. The van der Waals surface area contributed by atoms with Gasteiger partial charge < -0.3 is 4.74 Å². The highest BCUT2D eigenvalue weighted by atomic mass is 79.9. The zero-order valence-electron chi connectivity index (χ0n) is 7.65. The molecule has 1 aromatic carbocycles. The first-order chi connectivity index (χ1) is 7.25. The van der Waals surface area contributed by atoms with Crippen LogP contribution in [0.25, 0.3) is 0 Å². The predicted molar refractivity (Wildman–Crippen MR) is 66.2 cm³/mol. The average Bonchev–Trinajstić information content (AvgIpc) is 2.22. The van der Waals surface area contributed by atoms with Gasteiger partial charge in [-0.1, -0.05) is 22.0 Å². The summed E-state index contributed by atoms with van der Waals surface area (Å²) in [5.41, 5.74) is 0. The molecule has 0 saturated heterocycles. The van der Waals surface area contributed by atoms with Crippen molar-refractivity contribution in [1.29, 1.82) is 0 Å². The van der Waals surface area contributed by atoms with Crippen LogP contribution < -0.4 is 4.74 Å². The Morgan fingerprint density at radius 2 is 2.00 bits per heavy atom. The fraction of sp³-hybridized carbons (Fsp3) is 0. The molecule has 0 unspecified atom stereocenters. The highest BCUT2D eigenvalue weighted by Gasteiger charge is 2.01. The standard InChI is InChI=1S/C11H7Br2NO/c12-8-2-1-3-9(6-8)15-11-4-5-14-7-10(11)13/h1-7H. The molecular weight excluding hydrogens is 322 g/mol. The maximum atomic E-state index is 5.67. The molecule has 0 N–H and O–H groups in total. The minimum atomic E-state index is 0.753. The summed E-state index contributed by atoms with van der Waals surface area (Å²) in [6.07, 6.45) is 3.39. The first-order valence-electron chi connectivity index (χ1n) is 4.28. The van der Waals surface area contributed by atoms with Gasteiger partial charge in [-0.05, 0) is 34.1 Å². The summed E-state index contributed by atoms with van der Waals surface area (Å²) < 4.78 is 7.50. The lowest BCUT2D eigenvalue weighted by Crippen LogP contribution is -1.85. The second-order valence-corrected chi connectivity index (χ2v) is 4.64. The summed E-state index contributed by atoms with van der Waals surface area (Å²) in [5.74, 6) is 1.54. The van der Waals surface area contributed by atoms with Crippen LogP contribution in [0.2, 0.25) is 0 Å². The maximum Gasteiger partial charge on any atom is 0.144 e. The second kappa shape index (κ2) is 4.77. The normalized spacial score (nSPS) is 10.0. The number of hydrogen-bond donors (Lipinski definition) is 0.